The van der Waals surface area contributed by atoms with E-state index >= 15 is 0 Å². The van der Waals surface area contributed by atoms with Gasteiger partial charge in [0.1, 0.15) is 12.1 Å². The highest BCUT2D eigenvalue weighted by molar-refractivity contribution is 5.88. The summed E-state index contributed by atoms with van der Waals surface area (Å²) in [6, 6.07) is 7.79. The van der Waals surface area contributed by atoms with Gasteiger partial charge in [-0.25, -0.2) is 4.79 Å². The summed E-state index contributed by atoms with van der Waals surface area (Å²) in [5, 5.41) is 13.1. The minimum absolute atomic E-state index is 0.0620. The molecule has 1 aliphatic heterocycles. The van der Waals surface area contributed by atoms with Crippen LogP contribution in [0.1, 0.15) is 64.4 Å². The Balaban J connectivity index is 1.45. The summed E-state index contributed by atoms with van der Waals surface area (Å²) >= 11 is 0. The van der Waals surface area contributed by atoms with E-state index in [1.54, 1.807) is 18.7 Å². The Hall–Kier alpha value is -2.41. The summed E-state index contributed by atoms with van der Waals surface area (Å²) in [7, 11) is 0. The first kappa shape index (κ1) is 24.7. The molecule has 7 nitrogen and oxygen atoms in total. The Morgan fingerprint density at radius 1 is 1.15 bits per heavy atom. The van der Waals surface area contributed by atoms with E-state index in [9.17, 15) is 19.5 Å². The topological polar surface area (TPSA) is 95.9 Å². The molecule has 0 radical (unpaired) electrons. The number of likely N-dealkylation sites (tertiary alicyclic amines) is 1. The molecule has 5 rings (SSSR count). The van der Waals surface area contributed by atoms with Crippen LogP contribution in [0.25, 0.3) is 0 Å². The smallest absolute Gasteiger partial charge is 0.326 e. The number of carbonyl (C=O) groups excluding carboxylic acids is 2. The highest BCUT2D eigenvalue weighted by Crippen LogP contribution is 2.57. The Kier molecular flexibility index (Phi) is 7.60. The summed E-state index contributed by atoms with van der Waals surface area (Å²) in [6.45, 7) is 4.28. The third-order valence-electron chi connectivity index (χ3n) is 8.39. The van der Waals surface area contributed by atoms with Crippen LogP contribution >= 0.6 is 0 Å². The van der Waals surface area contributed by atoms with Crippen molar-refractivity contribution >= 4 is 17.8 Å². The predicted octanol–water partition coefficient (Wildman–Crippen LogP) is 3.41. The van der Waals surface area contributed by atoms with E-state index in [1.165, 1.54) is 12.8 Å². The zero-order valence-corrected chi connectivity index (χ0v) is 20.4. The molecule has 4 atom stereocenters. The molecule has 0 aromatic heterocycles. The fraction of sp³-hybridized carbons (Fsp3) is 0.667. The molecule has 4 aliphatic rings. The maximum atomic E-state index is 13.5. The SMILES string of the molecule is CCOC(=O)[C@@H](CCc1ccccc1)N[C@@H](C)C(=O)N1C[C@]2(CC3CCC2CC3)C[C@@H]1C(=O)O. The van der Waals surface area contributed by atoms with Gasteiger partial charge in [0.2, 0.25) is 5.91 Å². The van der Waals surface area contributed by atoms with Gasteiger partial charge in [-0.1, -0.05) is 43.2 Å². The molecule has 7 heteroatoms. The summed E-state index contributed by atoms with van der Waals surface area (Å²) in [6.07, 6.45) is 7.53. The molecule has 0 unspecified atom stereocenters. The van der Waals surface area contributed by atoms with Crippen LogP contribution in [0, 0.1) is 17.3 Å². The molecule has 1 amide bonds. The quantitative estimate of drug-likeness (QED) is 0.537. The number of nitrogens with one attached hydrogen (secondary N) is 1. The molecule has 1 aromatic carbocycles. The maximum absolute atomic E-state index is 13.5. The molecule has 1 heterocycles. The van der Waals surface area contributed by atoms with Gasteiger partial charge in [-0.3, -0.25) is 14.9 Å². The number of carboxylic acid groups (broad SMARTS) is 1. The van der Waals surface area contributed by atoms with Gasteiger partial charge < -0.3 is 14.7 Å². The average Bonchev–Trinajstić information content (AvgIpc) is 3.21. The van der Waals surface area contributed by atoms with Crippen LogP contribution in [-0.2, 0) is 25.5 Å². The number of carboxylic acids is 1. The number of esters is 1. The van der Waals surface area contributed by atoms with Gasteiger partial charge in [-0.15, -0.1) is 0 Å². The zero-order valence-electron chi connectivity index (χ0n) is 20.4. The van der Waals surface area contributed by atoms with Gasteiger partial charge in [0.05, 0.1) is 12.6 Å². The largest absolute Gasteiger partial charge is 0.480 e. The van der Waals surface area contributed by atoms with Crippen molar-refractivity contribution in [2.45, 2.75) is 83.3 Å². The second kappa shape index (κ2) is 10.5. The summed E-state index contributed by atoms with van der Waals surface area (Å²) in [5.74, 6) is -0.366. The number of rotatable bonds is 9. The number of carbonyl (C=O) groups is 3. The highest BCUT2D eigenvalue weighted by Gasteiger charge is 2.56. The molecule has 1 aromatic rings. The highest BCUT2D eigenvalue weighted by atomic mass is 16.5. The molecule has 1 saturated heterocycles. The number of fused-ring (bicyclic) bond motifs is 2. The van der Waals surface area contributed by atoms with Crippen LogP contribution in [0.4, 0.5) is 0 Å². The standard InChI is InChI=1S/C27H38N2O5/c1-3-34-26(33)22(14-11-19-7-5-4-6-8-19)28-18(2)24(30)29-17-27(16-23(29)25(31)32)15-20-9-12-21(27)13-10-20/h4-8,18,20-23,28H,3,9-17H2,1-2H3,(H,31,32)/t18-,20?,21?,22+,23+,27-/m0/s1. The fourth-order valence-electron chi connectivity index (χ4n) is 6.72. The van der Waals surface area contributed by atoms with Crippen LogP contribution < -0.4 is 5.32 Å². The predicted molar refractivity (Wildman–Crippen MR) is 128 cm³/mol. The lowest BCUT2D eigenvalue weighted by Gasteiger charge is -2.50. The molecule has 1 spiro atoms. The minimum Gasteiger partial charge on any atom is -0.480 e. The van der Waals surface area contributed by atoms with Crippen molar-refractivity contribution in [1.82, 2.24) is 10.2 Å². The second-order valence-corrected chi connectivity index (χ2v) is 10.5. The summed E-state index contributed by atoms with van der Waals surface area (Å²) < 4.78 is 5.26. The minimum atomic E-state index is -0.926. The number of aryl methyl sites for hydroxylation is 1. The molecule has 4 fully saturated rings. The number of ether oxygens (including phenoxy) is 1. The first-order valence-corrected chi connectivity index (χ1v) is 12.8. The van der Waals surface area contributed by atoms with E-state index in [2.05, 4.69) is 5.32 Å². The molecule has 34 heavy (non-hydrogen) atoms. The van der Waals surface area contributed by atoms with Crippen molar-refractivity contribution in [3.63, 3.8) is 0 Å². The lowest BCUT2D eigenvalue weighted by atomic mass is 9.55. The summed E-state index contributed by atoms with van der Waals surface area (Å²) in [5.41, 5.74) is 1.05. The van der Waals surface area contributed by atoms with E-state index < -0.39 is 24.1 Å². The maximum Gasteiger partial charge on any atom is 0.326 e. The van der Waals surface area contributed by atoms with E-state index in [-0.39, 0.29) is 23.9 Å². The molecule has 2 N–H and O–H groups in total. The van der Waals surface area contributed by atoms with Gasteiger partial charge in [-0.2, -0.15) is 0 Å². The van der Waals surface area contributed by atoms with Crippen molar-refractivity contribution in [3.05, 3.63) is 35.9 Å². The molecule has 2 bridgehead atoms. The van der Waals surface area contributed by atoms with Crippen LogP contribution in [0.3, 0.4) is 0 Å². The third kappa shape index (κ3) is 5.14. The average molecular weight is 471 g/mol. The number of amides is 1. The van der Waals surface area contributed by atoms with Gasteiger partial charge in [0, 0.05) is 6.54 Å². The number of benzene rings is 1. The van der Waals surface area contributed by atoms with E-state index in [4.69, 9.17) is 4.74 Å². The molecular formula is C27H38N2O5. The first-order valence-electron chi connectivity index (χ1n) is 12.8. The Morgan fingerprint density at radius 3 is 2.44 bits per heavy atom. The van der Waals surface area contributed by atoms with Crippen molar-refractivity contribution in [1.29, 1.82) is 0 Å². The van der Waals surface area contributed by atoms with Crippen molar-refractivity contribution in [2.75, 3.05) is 13.2 Å². The second-order valence-electron chi connectivity index (χ2n) is 10.5. The third-order valence-corrected chi connectivity index (χ3v) is 8.39. The van der Waals surface area contributed by atoms with Crippen LogP contribution in [-0.4, -0.2) is 59.1 Å². The molecule has 3 saturated carbocycles. The van der Waals surface area contributed by atoms with Crippen molar-refractivity contribution in [2.24, 2.45) is 17.3 Å². The fourth-order valence-corrected chi connectivity index (χ4v) is 6.72. The first-order chi connectivity index (χ1) is 16.3. The van der Waals surface area contributed by atoms with Crippen LogP contribution in [0.5, 0.6) is 0 Å². The van der Waals surface area contributed by atoms with Crippen LogP contribution in [0.2, 0.25) is 0 Å². The van der Waals surface area contributed by atoms with Crippen molar-refractivity contribution in [3.8, 4) is 0 Å². The molecular weight excluding hydrogens is 432 g/mol. The van der Waals surface area contributed by atoms with Gasteiger partial charge in [0.15, 0.2) is 0 Å². The molecule has 3 aliphatic carbocycles. The van der Waals surface area contributed by atoms with E-state index in [0.717, 1.165) is 24.8 Å². The Bertz CT molecular complexity index is 882. The Labute approximate surface area is 202 Å². The Morgan fingerprint density at radius 2 is 1.85 bits per heavy atom. The lowest BCUT2D eigenvalue weighted by Crippen LogP contribution is -2.54. The monoisotopic (exact) mass is 470 g/mol. The normalized spacial score (nSPS) is 29.7. The lowest BCUT2D eigenvalue weighted by molar-refractivity contribution is -0.150. The van der Waals surface area contributed by atoms with Gasteiger partial charge in [-0.05, 0) is 75.2 Å². The van der Waals surface area contributed by atoms with E-state index in [1.807, 2.05) is 30.3 Å². The van der Waals surface area contributed by atoms with Gasteiger partial charge >= 0.3 is 11.9 Å². The van der Waals surface area contributed by atoms with Crippen molar-refractivity contribution < 1.29 is 24.2 Å². The summed E-state index contributed by atoms with van der Waals surface area (Å²) in [4.78, 5) is 39.9. The zero-order chi connectivity index (χ0) is 24.3. The van der Waals surface area contributed by atoms with Gasteiger partial charge in [0.25, 0.3) is 0 Å². The number of aliphatic carboxylic acids is 1. The number of hydrogen-bond acceptors (Lipinski definition) is 5. The van der Waals surface area contributed by atoms with E-state index in [0.29, 0.717) is 37.6 Å². The number of hydrogen-bond donors (Lipinski definition) is 2. The van der Waals surface area contributed by atoms with Crippen LogP contribution in [0.15, 0.2) is 30.3 Å². The number of nitrogens with zero attached hydrogens (tertiary/aromatic N) is 1. The molecule has 186 valence electrons.